The van der Waals surface area contributed by atoms with E-state index in [1.807, 2.05) is 19.1 Å². The Morgan fingerprint density at radius 1 is 1.33 bits per heavy atom. The number of carbonyl (C=O) groups excluding carboxylic acids is 2. The second-order valence-electron chi connectivity index (χ2n) is 3.76. The molecular formula is C13H16INO3. The minimum absolute atomic E-state index is 0.229. The van der Waals surface area contributed by atoms with E-state index in [0.717, 1.165) is 16.4 Å². The summed E-state index contributed by atoms with van der Waals surface area (Å²) in [6.07, 6.45) is 1.94. The zero-order valence-electron chi connectivity index (χ0n) is 10.2. The van der Waals surface area contributed by atoms with Crippen molar-refractivity contribution in [2.45, 2.75) is 19.8 Å². The second-order valence-corrected chi connectivity index (χ2v) is 4.92. The molecule has 1 rings (SSSR count). The van der Waals surface area contributed by atoms with E-state index in [-0.39, 0.29) is 12.5 Å². The standard InChI is InChI=1S/C13H16INO3/c1-2-3-8-15-12(16)9-18-13(17)10-6-4-5-7-11(10)14/h4-7H,2-3,8-9H2,1H3,(H,15,16). The number of nitrogens with one attached hydrogen (secondary N) is 1. The molecule has 5 heteroatoms. The Balaban J connectivity index is 2.38. The van der Waals surface area contributed by atoms with Gasteiger partial charge in [0.05, 0.1) is 5.56 Å². The Morgan fingerprint density at radius 3 is 2.72 bits per heavy atom. The number of carbonyl (C=O) groups is 2. The number of rotatable bonds is 6. The molecule has 1 N–H and O–H groups in total. The van der Waals surface area contributed by atoms with Crippen molar-refractivity contribution in [3.05, 3.63) is 33.4 Å². The molecule has 0 aliphatic heterocycles. The van der Waals surface area contributed by atoms with E-state index in [1.165, 1.54) is 0 Å². The topological polar surface area (TPSA) is 55.4 Å². The molecule has 0 aliphatic rings. The molecule has 18 heavy (non-hydrogen) atoms. The average molecular weight is 361 g/mol. The van der Waals surface area contributed by atoms with Gasteiger partial charge in [-0.3, -0.25) is 4.79 Å². The van der Waals surface area contributed by atoms with E-state index < -0.39 is 5.97 Å². The summed E-state index contributed by atoms with van der Waals surface area (Å²) >= 11 is 2.06. The summed E-state index contributed by atoms with van der Waals surface area (Å²) in [6, 6.07) is 7.10. The molecule has 1 aromatic rings. The molecule has 0 unspecified atom stereocenters. The lowest BCUT2D eigenvalue weighted by Gasteiger charge is -2.07. The first-order valence-corrected chi connectivity index (χ1v) is 6.91. The molecule has 0 saturated carbocycles. The number of amides is 1. The molecule has 0 bridgehead atoms. The normalized spacial score (nSPS) is 9.89. The van der Waals surface area contributed by atoms with Gasteiger partial charge in [-0.05, 0) is 41.1 Å². The van der Waals surface area contributed by atoms with Crippen molar-refractivity contribution in [1.29, 1.82) is 0 Å². The SMILES string of the molecule is CCCCNC(=O)COC(=O)c1ccccc1I. The largest absolute Gasteiger partial charge is 0.452 e. The van der Waals surface area contributed by atoms with Crippen LogP contribution in [0.5, 0.6) is 0 Å². The first-order valence-electron chi connectivity index (χ1n) is 5.83. The van der Waals surface area contributed by atoms with Gasteiger partial charge in [-0.1, -0.05) is 25.5 Å². The van der Waals surface area contributed by atoms with Crippen LogP contribution in [0.15, 0.2) is 24.3 Å². The highest BCUT2D eigenvalue weighted by Gasteiger charge is 2.12. The third-order valence-corrected chi connectivity index (χ3v) is 3.22. The smallest absolute Gasteiger partial charge is 0.339 e. The van der Waals surface area contributed by atoms with Gasteiger partial charge in [-0.15, -0.1) is 0 Å². The molecule has 0 spiro atoms. The summed E-state index contributed by atoms with van der Waals surface area (Å²) in [7, 11) is 0. The van der Waals surface area contributed by atoms with E-state index >= 15 is 0 Å². The van der Waals surface area contributed by atoms with E-state index in [1.54, 1.807) is 12.1 Å². The van der Waals surface area contributed by atoms with Gasteiger partial charge in [0, 0.05) is 10.1 Å². The summed E-state index contributed by atoms with van der Waals surface area (Å²) in [4.78, 5) is 23.0. The lowest BCUT2D eigenvalue weighted by molar-refractivity contribution is -0.124. The van der Waals surface area contributed by atoms with Crippen molar-refractivity contribution in [2.24, 2.45) is 0 Å². The van der Waals surface area contributed by atoms with Crippen molar-refractivity contribution in [3.63, 3.8) is 0 Å². The number of unbranched alkanes of at least 4 members (excludes halogenated alkanes) is 1. The molecule has 0 fully saturated rings. The molecule has 0 atom stereocenters. The number of hydrogen-bond acceptors (Lipinski definition) is 3. The van der Waals surface area contributed by atoms with Gasteiger partial charge in [0.1, 0.15) is 0 Å². The maximum atomic E-state index is 11.7. The Kier molecular flexibility index (Phi) is 6.70. The van der Waals surface area contributed by atoms with Crippen molar-refractivity contribution < 1.29 is 14.3 Å². The van der Waals surface area contributed by atoms with Crippen LogP contribution in [0.2, 0.25) is 0 Å². The molecular weight excluding hydrogens is 345 g/mol. The molecule has 4 nitrogen and oxygen atoms in total. The van der Waals surface area contributed by atoms with Gasteiger partial charge < -0.3 is 10.1 Å². The van der Waals surface area contributed by atoms with Gasteiger partial charge in [0.15, 0.2) is 6.61 Å². The zero-order chi connectivity index (χ0) is 13.4. The average Bonchev–Trinajstić information content (AvgIpc) is 2.37. The first kappa shape index (κ1) is 14.9. The summed E-state index contributed by atoms with van der Waals surface area (Å²) in [6.45, 7) is 2.44. The van der Waals surface area contributed by atoms with Gasteiger partial charge in [0.2, 0.25) is 0 Å². The van der Waals surface area contributed by atoms with Crippen LogP contribution in [-0.2, 0) is 9.53 Å². The van der Waals surface area contributed by atoms with Crippen LogP contribution in [0.4, 0.5) is 0 Å². The third-order valence-electron chi connectivity index (χ3n) is 2.28. The Hall–Kier alpha value is -1.11. The van der Waals surface area contributed by atoms with Gasteiger partial charge in [0.25, 0.3) is 5.91 Å². The van der Waals surface area contributed by atoms with Gasteiger partial charge in [-0.2, -0.15) is 0 Å². The minimum Gasteiger partial charge on any atom is -0.452 e. The Morgan fingerprint density at radius 2 is 2.06 bits per heavy atom. The van der Waals surface area contributed by atoms with Crippen LogP contribution in [0.3, 0.4) is 0 Å². The number of ether oxygens (including phenoxy) is 1. The monoisotopic (exact) mass is 361 g/mol. The summed E-state index contributed by atoms with van der Waals surface area (Å²) < 4.78 is 5.76. The predicted octanol–water partition coefficient (Wildman–Crippen LogP) is 2.36. The van der Waals surface area contributed by atoms with E-state index in [2.05, 4.69) is 27.9 Å². The molecule has 0 heterocycles. The molecule has 0 aromatic heterocycles. The molecule has 0 aliphatic carbocycles. The quantitative estimate of drug-likeness (QED) is 0.481. The van der Waals surface area contributed by atoms with Crippen molar-refractivity contribution in [2.75, 3.05) is 13.2 Å². The predicted molar refractivity (Wildman–Crippen MR) is 77.4 cm³/mol. The summed E-state index contributed by atoms with van der Waals surface area (Å²) in [5.74, 6) is -0.728. The number of hydrogen-bond donors (Lipinski definition) is 1. The zero-order valence-corrected chi connectivity index (χ0v) is 12.4. The lowest BCUT2D eigenvalue weighted by Crippen LogP contribution is -2.29. The fourth-order valence-electron chi connectivity index (χ4n) is 1.29. The minimum atomic E-state index is -0.467. The van der Waals surface area contributed by atoms with Crippen molar-refractivity contribution >= 4 is 34.5 Å². The van der Waals surface area contributed by atoms with Crippen LogP contribution in [-0.4, -0.2) is 25.0 Å². The number of halogens is 1. The van der Waals surface area contributed by atoms with E-state index in [4.69, 9.17) is 4.74 Å². The van der Waals surface area contributed by atoms with Gasteiger partial charge >= 0.3 is 5.97 Å². The number of benzene rings is 1. The highest BCUT2D eigenvalue weighted by molar-refractivity contribution is 14.1. The fourth-order valence-corrected chi connectivity index (χ4v) is 1.90. The van der Waals surface area contributed by atoms with E-state index in [9.17, 15) is 9.59 Å². The molecule has 0 radical (unpaired) electrons. The lowest BCUT2D eigenvalue weighted by atomic mass is 10.2. The maximum Gasteiger partial charge on any atom is 0.339 e. The van der Waals surface area contributed by atoms with Crippen LogP contribution < -0.4 is 5.32 Å². The van der Waals surface area contributed by atoms with Gasteiger partial charge in [-0.25, -0.2) is 4.79 Å². The Labute approximate surface area is 120 Å². The van der Waals surface area contributed by atoms with Crippen molar-refractivity contribution in [1.82, 2.24) is 5.32 Å². The van der Waals surface area contributed by atoms with E-state index in [0.29, 0.717) is 12.1 Å². The van der Waals surface area contributed by atoms with Crippen molar-refractivity contribution in [3.8, 4) is 0 Å². The fraction of sp³-hybridized carbons (Fsp3) is 0.385. The Bertz CT molecular complexity index is 420. The van der Waals surface area contributed by atoms with Crippen LogP contribution in [0, 0.1) is 3.57 Å². The number of esters is 1. The highest BCUT2D eigenvalue weighted by Crippen LogP contribution is 2.12. The van der Waals surface area contributed by atoms with Crippen LogP contribution in [0.1, 0.15) is 30.1 Å². The second kappa shape index (κ2) is 8.07. The molecule has 1 amide bonds. The van der Waals surface area contributed by atoms with Crippen LogP contribution in [0.25, 0.3) is 0 Å². The first-order chi connectivity index (χ1) is 8.65. The van der Waals surface area contributed by atoms with Crippen LogP contribution >= 0.6 is 22.6 Å². The molecule has 98 valence electrons. The third kappa shape index (κ3) is 5.03. The summed E-state index contributed by atoms with van der Waals surface area (Å²) in [5, 5.41) is 2.69. The summed E-state index contributed by atoms with van der Waals surface area (Å²) in [5.41, 5.74) is 0.486. The molecule has 1 aromatic carbocycles. The molecule has 0 saturated heterocycles. The maximum absolute atomic E-state index is 11.7. The highest BCUT2D eigenvalue weighted by atomic mass is 127.